The molecule has 0 unspecified atom stereocenters. The molecule has 2 fully saturated rings. The van der Waals surface area contributed by atoms with Crippen molar-refractivity contribution in [2.24, 2.45) is 5.92 Å². The largest absolute Gasteiger partial charge is 0.481 e. The summed E-state index contributed by atoms with van der Waals surface area (Å²) in [5.41, 5.74) is -0.906. The highest BCUT2D eigenvalue weighted by Gasteiger charge is 2.56. The lowest BCUT2D eigenvalue weighted by atomic mass is 9.96. The number of carbonyl (C=O) groups excluding carboxylic acids is 3. The first kappa shape index (κ1) is 15.3. The van der Waals surface area contributed by atoms with Crippen LogP contribution in [0.3, 0.4) is 0 Å². The molecule has 2 N–H and O–H groups in total. The average molecular weight is 297 g/mol. The first-order valence-electron chi connectivity index (χ1n) is 6.85. The van der Waals surface area contributed by atoms with E-state index in [1.165, 1.54) is 11.9 Å². The van der Waals surface area contributed by atoms with Crippen molar-refractivity contribution in [1.82, 2.24) is 15.1 Å². The second-order valence-corrected chi connectivity index (χ2v) is 5.76. The van der Waals surface area contributed by atoms with Crippen molar-refractivity contribution >= 4 is 23.8 Å². The predicted octanol–water partition coefficient (Wildman–Crippen LogP) is -0.360. The quantitative estimate of drug-likeness (QED) is 0.651. The lowest BCUT2D eigenvalue weighted by Gasteiger charge is -2.22. The molecule has 0 aromatic rings. The summed E-state index contributed by atoms with van der Waals surface area (Å²) in [6, 6.07) is -0.561. The molecule has 1 aliphatic heterocycles. The van der Waals surface area contributed by atoms with Crippen LogP contribution in [0, 0.1) is 5.92 Å². The van der Waals surface area contributed by atoms with Crippen LogP contribution in [-0.4, -0.2) is 64.4 Å². The van der Waals surface area contributed by atoms with Gasteiger partial charge in [0.05, 0.1) is 6.42 Å². The van der Waals surface area contributed by atoms with Crippen molar-refractivity contribution in [2.75, 3.05) is 20.1 Å². The van der Waals surface area contributed by atoms with Crippen molar-refractivity contribution < 1.29 is 24.3 Å². The van der Waals surface area contributed by atoms with E-state index >= 15 is 0 Å². The maximum Gasteiger partial charge on any atom is 0.325 e. The van der Waals surface area contributed by atoms with Gasteiger partial charge in [0.15, 0.2) is 0 Å². The molecule has 1 heterocycles. The summed E-state index contributed by atoms with van der Waals surface area (Å²) in [7, 11) is 1.45. The van der Waals surface area contributed by atoms with Crippen molar-refractivity contribution in [3.8, 4) is 0 Å². The molecule has 2 rings (SSSR count). The minimum Gasteiger partial charge on any atom is -0.481 e. The number of imide groups is 1. The molecular weight excluding hydrogens is 278 g/mol. The molecule has 0 aromatic heterocycles. The van der Waals surface area contributed by atoms with Gasteiger partial charge in [0.1, 0.15) is 12.1 Å². The second-order valence-electron chi connectivity index (χ2n) is 5.76. The van der Waals surface area contributed by atoms with Gasteiger partial charge in [-0.1, -0.05) is 0 Å². The van der Waals surface area contributed by atoms with Gasteiger partial charge in [-0.05, 0) is 25.7 Å². The summed E-state index contributed by atoms with van der Waals surface area (Å²) in [6.07, 6.45) is 1.60. The number of carbonyl (C=O) groups is 4. The summed E-state index contributed by atoms with van der Waals surface area (Å²) in [6.45, 7) is 1.37. The Morgan fingerprint density at radius 2 is 2.05 bits per heavy atom. The van der Waals surface area contributed by atoms with Gasteiger partial charge in [-0.3, -0.25) is 19.3 Å². The van der Waals surface area contributed by atoms with E-state index in [0.29, 0.717) is 0 Å². The number of hydrogen-bond acceptors (Lipinski definition) is 4. The van der Waals surface area contributed by atoms with Crippen LogP contribution in [0.2, 0.25) is 0 Å². The molecule has 4 amide bonds. The van der Waals surface area contributed by atoms with Crippen molar-refractivity contribution in [3.63, 3.8) is 0 Å². The van der Waals surface area contributed by atoms with Crippen LogP contribution in [-0.2, 0) is 14.4 Å². The fraction of sp³-hybridized carbons (Fsp3) is 0.692. The smallest absolute Gasteiger partial charge is 0.325 e. The normalized spacial score (nSPS) is 25.0. The third-order valence-electron chi connectivity index (χ3n) is 4.08. The number of carboxylic acid groups (broad SMARTS) is 1. The molecule has 2 aliphatic rings. The SMILES string of the molecule is CN(CCC(=O)O)C(=O)CN1C(=O)N[C@](C)(C2CC2)C1=O. The molecule has 1 atom stereocenters. The minimum absolute atomic E-state index is 0.0394. The number of carboxylic acids is 1. The summed E-state index contributed by atoms with van der Waals surface area (Å²) >= 11 is 0. The highest BCUT2D eigenvalue weighted by molar-refractivity contribution is 6.09. The van der Waals surface area contributed by atoms with Crippen LogP contribution in [0.25, 0.3) is 0 Å². The summed E-state index contributed by atoms with van der Waals surface area (Å²) in [5.74, 6) is -1.71. The van der Waals surface area contributed by atoms with Crippen LogP contribution in [0.15, 0.2) is 0 Å². The van der Waals surface area contributed by atoms with E-state index in [1.807, 2.05) is 0 Å². The molecule has 0 bridgehead atoms. The van der Waals surface area contributed by atoms with E-state index in [2.05, 4.69) is 5.32 Å². The molecule has 1 saturated heterocycles. The number of hydrogen-bond donors (Lipinski definition) is 2. The van der Waals surface area contributed by atoms with E-state index in [-0.39, 0.29) is 31.3 Å². The number of amides is 4. The zero-order valence-corrected chi connectivity index (χ0v) is 12.1. The third-order valence-corrected chi connectivity index (χ3v) is 4.08. The summed E-state index contributed by atoms with van der Waals surface area (Å²) in [4.78, 5) is 48.8. The number of nitrogens with zero attached hydrogens (tertiary/aromatic N) is 2. The Morgan fingerprint density at radius 1 is 1.43 bits per heavy atom. The Kier molecular flexibility index (Phi) is 3.89. The first-order chi connectivity index (χ1) is 9.75. The van der Waals surface area contributed by atoms with Gasteiger partial charge in [0, 0.05) is 13.6 Å². The number of likely N-dealkylation sites (N-methyl/N-ethyl adjacent to an activating group) is 1. The molecule has 21 heavy (non-hydrogen) atoms. The van der Waals surface area contributed by atoms with Crippen LogP contribution < -0.4 is 5.32 Å². The van der Waals surface area contributed by atoms with Crippen LogP contribution in [0.4, 0.5) is 4.79 Å². The Hall–Kier alpha value is -2.12. The van der Waals surface area contributed by atoms with Gasteiger partial charge in [-0.25, -0.2) is 4.79 Å². The van der Waals surface area contributed by atoms with E-state index < -0.39 is 23.4 Å². The highest BCUT2D eigenvalue weighted by atomic mass is 16.4. The molecule has 0 spiro atoms. The van der Waals surface area contributed by atoms with Gasteiger partial charge >= 0.3 is 12.0 Å². The molecule has 8 nitrogen and oxygen atoms in total. The lowest BCUT2D eigenvalue weighted by Crippen LogP contribution is -2.47. The first-order valence-corrected chi connectivity index (χ1v) is 6.85. The zero-order valence-electron chi connectivity index (χ0n) is 12.1. The average Bonchev–Trinajstić information content (AvgIpc) is 3.22. The van der Waals surface area contributed by atoms with Crippen molar-refractivity contribution in [2.45, 2.75) is 31.7 Å². The highest BCUT2D eigenvalue weighted by Crippen LogP contribution is 2.42. The van der Waals surface area contributed by atoms with E-state index in [1.54, 1.807) is 6.92 Å². The van der Waals surface area contributed by atoms with Crippen LogP contribution in [0.1, 0.15) is 26.2 Å². The van der Waals surface area contributed by atoms with E-state index in [4.69, 9.17) is 5.11 Å². The second kappa shape index (κ2) is 5.34. The number of nitrogens with one attached hydrogen (secondary N) is 1. The topological polar surface area (TPSA) is 107 Å². The minimum atomic E-state index is -1.01. The van der Waals surface area contributed by atoms with Gasteiger partial charge in [0.2, 0.25) is 5.91 Å². The van der Waals surface area contributed by atoms with Crippen LogP contribution >= 0.6 is 0 Å². The molecule has 0 radical (unpaired) electrons. The number of rotatable bonds is 6. The Balaban J connectivity index is 1.96. The van der Waals surface area contributed by atoms with Crippen LogP contribution in [0.5, 0.6) is 0 Å². The number of aliphatic carboxylic acids is 1. The third kappa shape index (κ3) is 2.98. The van der Waals surface area contributed by atoms with E-state index in [0.717, 1.165) is 17.7 Å². The number of urea groups is 1. The molecule has 1 aliphatic carbocycles. The van der Waals surface area contributed by atoms with Crippen molar-refractivity contribution in [1.29, 1.82) is 0 Å². The lowest BCUT2D eigenvalue weighted by molar-refractivity contribution is -0.140. The fourth-order valence-electron chi connectivity index (χ4n) is 2.44. The standard InChI is InChI=1S/C13H19N3O5/c1-13(8-3-4-8)11(20)16(12(21)14-13)7-9(17)15(2)6-5-10(18)19/h8H,3-7H2,1-2H3,(H,14,21)(H,18,19)/t13-/m1/s1. The molecular formula is C13H19N3O5. The van der Waals surface area contributed by atoms with Gasteiger partial charge in [-0.2, -0.15) is 0 Å². The zero-order chi connectivity index (χ0) is 15.8. The van der Waals surface area contributed by atoms with Gasteiger partial charge < -0.3 is 15.3 Å². The van der Waals surface area contributed by atoms with Gasteiger partial charge in [0.25, 0.3) is 5.91 Å². The maximum atomic E-state index is 12.3. The molecule has 1 saturated carbocycles. The Morgan fingerprint density at radius 3 is 2.57 bits per heavy atom. The monoisotopic (exact) mass is 297 g/mol. The van der Waals surface area contributed by atoms with E-state index in [9.17, 15) is 19.2 Å². The van der Waals surface area contributed by atoms with Crippen molar-refractivity contribution in [3.05, 3.63) is 0 Å². The Bertz CT molecular complexity index is 502. The summed E-state index contributed by atoms with van der Waals surface area (Å²) in [5, 5.41) is 11.2. The molecule has 8 heteroatoms. The molecule has 0 aromatic carbocycles. The maximum absolute atomic E-state index is 12.3. The Labute approximate surface area is 122 Å². The fourth-order valence-corrected chi connectivity index (χ4v) is 2.44. The molecule has 116 valence electrons. The van der Waals surface area contributed by atoms with Gasteiger partial charge in [-0.15, -0.1) is 0 Å². The summed E-state index contributed by atoms with van der Waals surface area (Å²) < 4.78 is 0. The predicted molar refractivity (Wildman–Crippen MR) is 71.3 cm³/mol.